The van der Waals surface area contributed by atoms with E-state index < -0.39 is 0 Å². The Labute approximate surface area is 123 Å². The van der Waals surface area contributed by atoms with Crippen molar-refractivity contribution in [2.24, 2.45) is 0 Å². The summed E-state index contributed by atoms with van der Waals surface area (Å²) in [5.41, 5.74) is 0.672. The first kappa shape index (κ1) is 13.7. The molecular weight excluding hydrogens is 288 g/mol. The molecule has 0 aliphatic carbocycles. The van der Waals surface area contributed by atoms with Gasteiger partial charge in [-0.3, -0.25) is 9.59 Å². The number of aldehydes is 2. The van der Waals surface area contributed by atoms with E-state index in [1.54, 1.807) is 0 Å². The van der Waals surface area contributed by atoms with Crippen molar-refractivity contribution in [2.45, 2.75) is 0 Å². The van der Waals surface area contributed by atoms with Crippen LogP contribution in [0.15, 0.2) is 34.7 Å². The fourth-order valence-electron chi connectivity index (χ4n) is 2.30. The zero-order chi connectivity index (χ0) is 15.9. The minimum absolute atomic E-state index is 0.0384. The molecule has 0 saturated heterocycles. The number of benzene rings is 2. The maximum Gasteiger partial charge on any atom is 0.158 e. The minimum Gasteiger partial charge on any atom is -0.506 e. The number of fused-ring (bicyclic) bond motifs is 1. The summed E-state index contributed by atoms with van der Waals surface area (Å²) in [6.07, 6.45) is 0.974. The van der Waals surface area contributed by atoms with Crippen molar-refractivity contribution in [3.63, 3.8) is 0 Å². The number of hydrogen-bond donors (Lipinski definition) is 3. The number of aromatic hydroxyl groups is 3. The largest absolute Gasteiger partial charge is 0.506 e. The third kappa shape index (κ3) is 1.89. The Balaban J connectivity index is 2.35. The molecule has 6 heteroatoms. The van der Waals surface area contributed by atoms with Crippen LogP contribution in [-0.2, 0) is 0 Å². The highest BCUT2D eigenvalue weighted by Crippen LogP contribution is 2.40. The molecule has 3 aromatic rings. The lowest BCUT2D eigenvalue weighted by molar-refractivity contribution is 0.111. The Kier molecular flexibility index (Phi) is 3.06. The van der Waals surface area contributed by atoms with E-state index in [0.29, 0.717) is 18.1 Å². The van der Waals surface area contributed by atoms with Gasteiger partial charge < -0.3 is 19.7 Å². The van der Waals surface area contributed by atoms with Gasteiger partial charge in [0.05, 0.1) is 16.5 Å². The summed E-state index contributed by atoms with van der Waals surface area (Å²) in [6, 6.07) is 6.79. The average molecular weight is 298 g/mol. The molecule has 0 atom stereocenters. The van der Waals surface area contributed by atoms with Gasteiger partial charge in [0.25, 0.3) is 0 Å². The zero-order valence-electron chi connectivity index (χ0n) is 11.1. The molecule has 0 radical (unpaired) electrons. The van der Waals surface area contributed by atoms with Gasteiger partial charge in [-0.1, -0.05) is 0 Å². The lowest BCUT2D eigenvalue weighted by Gasteiger charge is -2.01. The highest BCUT2D eigenvalue weighted by molar-refractivity contribution is 6.07. The average Bonchev–Trinajstić information content (AvgIpc) is 2.90. The third-order valence-electron chi connectivity index (χ3n) is 3.38. The molecule has 0 amide bonds. The molecule has 0 spiro atoms. The Morgan fingerprint density at radius 2 is 1.68 bits per heavy atom. The summed E-state index contributed by atoms with van der Waals surface area (Å²) in [6.45, 7) is 0. The number of hydrogen-bond acceptors (Lipinski definition) is 6. The van der Waals surface area contributed by atoms with Crippen LogP contribution in [0.1, 0.15) is 20.7 Å². The molecule has 0 unspecified atom stereocenters. The molecule has 6 nitrogen and oxygen atoms in total. The van der Waals surface area contributed by atoms with Crippen LogP contribution in [0.25, 0.3) is 22.3 Å². The third-order valence-corrected chi connectivity index (χ3v) is 3.38. The van der Waals surface area contributed by atoms with Gasteiger partial charge in [0, 0.05) is 5.56 Å². The van der Waals surface area contributed by atoms with Crippen molar-refractivity contribution in [3.8, 4) is 28.6 Å². The Morgan fingerprint density at radius 1 is 0.909 bits per heavy atom. The van der Waals surface area contributed by atoms with Crippen molar-refractivity contribution in [1.82, 2.24) is 0 Å². The van der Waals surface area contributed by atoms with Crippen LogP contribution in [0.2, 0.25) is 0 Å². The van der Waals surface area contributed by atoms with E-state index in [4.69, 9.17) is 4.42 Å². The number of carbonyl (C=O) groups excluding carboxylic acids is 2. The highest BCUT2D eigenvalue weighted by atomic mass is 16.3. The van der Waals surface area contributed by atoms with Crippen molar-refractivity contribution >= 4 is 23.5 Å². The van der Waals surface area contributed by atoms with Gasteiger partial charge in [0.1, 0.15) is 17.1 Å². The highest BCUT2D eigenvalue weighted by Gasteiger charge is 2.20. The van der Waals surface area contributed by atoms with Gasteiger partial charge in [-0.25, -0.2) is 0 Å². The standard InChI is InChI=1S/C16H10O6/c17-6-9-2-4-13-14(15(9)21)10(7-18)16(22-13)8-1-3-11(19)12(20)5-8/h1-7,19-21H. The smallest absolute Gasteiger partial charge is 0.158 e. The molecule has 22 heavy (non-hydrogen) atoms. The normalized spacial score (nSPS) is 10.7. The predicted molar refractivity (Wildman–Crippen MR) is 77.4 cm³/mol. The summed E-state index contributed by atoms with van der Waals surface area (Å²) in [4.78, 5) is 22.3. The molecule has 3 N–H and O–H groups in total. The second-order valence-corrected chi connectivity index (χ2v) is 4.66. The predicted octanol–water partition coefficient (Wildman–Crippen LogP) is 2.84. The van der Waals surface area contributed by atoms with Crippen molar-refractivity contribution in [3.05, 3.63) is 41.5 Å². The first-order valence-corrected chi connectivity index (χ1v) is 6.28. The van der Waals surface area contributed by atoms with Crippen LogP contribution in [0.4, 0.5) is 0 Å². The Morgan fingerprint density at radius 3 is 2.32 bits per heavy atom. The molecule has 1 heterocycles. The van der Waals surface area contributed by atoms with Gasteiger partial charge in [-0.05, 0) is 30.3 Å². The van der Waals surface area contributed by atoms with E-state index in [1.807, 2.05) is 0 Å². The molecule has 3 rings (SSSR count). The summed E-state index contributed by atoms with van der Waals surface area (Å²) in [5, 5.41) is 29.1. The minimum atomic E-state index is -0.368. The van der Waals surface area contributed by atoms with E-state index in [2.05, 4.69) is 0 Å². The Hall–Kier alpha value is -3.28. The molecule has 0 fully saturated rings. The van der Waals surface area contributed by atoms with Crippen LogP contribution in [0, 0.1) is 0 Å². The SMILES string of the molecule is O=Cc1ccc2oc(-c3ccc(O)c(O)c3)c(C=O)c2c1O. The van der Waals surface area contributed by atoms with Gasteiger partial charge >= 0.3 is 0 Å². The number of phenolic OH excluding ortho intramolecular Hbond substituents is 3. The Bertz CT molecular complexity index is 907. The topological polar surface area (TPSA) is 108 Å². The molecule has 1 aromatic heterocycles. The molecule has 0 saturated carbocycles. The lowest BCUT2D eigenvalue weighted by Crippen LogP contribution is -1.86. The van der Waals surface area contributed by atoms with E-state index in [0.717, 1.165) is 0 Å². The summed E-state index contributed by atoms with van der Waals surface area (Å²) in [5.74, 6) is -0.891. The summed E-state index contributed by atoms with van der Waals surface area (Å²) >= 11 is 0. The molecule has 110 valence electrons. The zero-order valence-corrected chi connectivity index (χ0v) is 11.1. The number of phenols is 3. The quantitative estimate of drug-likeness (QED) is 0.507. The number of carbonyl (C=O) groups is 2. The van der Waals surface area contributed by atoms with Gasteiger partial charge in [0.2, 0.25) is 0 Å². The van der Waals surface area contributed by atoms with Crippen LogP contribution < -0.4 is 0 Å². The van der Waals surface area contributed by atoms with Gasteiger partial charge in [-0.15, -0.1) is 0 Å². The maximum absolute atomic E-state index is 11.4. The summed E-state index contributed by atoms with van der Waals surface area (Å²) in [7, 11) is 0. The second kappa shape index (κ2) is 4.92. The van der Waals surface area contributed by atoms with Crippen LogP contribution in [-0.4, -0.2) is 27.9 Å². The van der Waals surface area contributed by atoms with Crippen LogP contribution in [0.5, 0.6) is 17.2 Å². The monoisotopic (exact) mass is 298 g/mol. The lowest BCUT2D eigenvalue weighted by atomic mass is 10.0. The van der Waals surface area contributed by atoms with Crippen molar-refractivity contribution in [1.29, 1.82) is 0 Å². The van der Waals surface area contributed by atoms with Crippen LogP contribution >= 0.6 is 0 Å². The van der Waals surface area contributed by atoms with Gasteiger partial charge in [-0.2, -0.15) is 0 Å². The van der Waals surface area contributed by atoms with E-state index in [9.17, 15) is 24.9 Å². The summed E-state index contributed by atoms with van der Waals surface area (Å²) < 4.78 is 5.55. The molecular formula is C16H10O6. The molecule has 0 aliphatic rings. The molecule has 2 aromatic carbocycles. The first-order chi connectivity index (χ1) is 10.6. The molecule has 0 bridgehead atoms. The fraction of sp³-hybridized carbons (Fsp3) is 0. The van der Waals surface area contributed by atoms with E-state index in [1.165, 1.54) is 30.3 Å². The first-order valence-electron chi connectivity index (χ1n) is 6.28. The van der Waals surface area contributed by atoms with Crippen LogP contribution in [0.3, 0.4) is 0 Å². The fourth-order valence-corrected chi connectivity index (χ4v) is 2.30. The van der Waals surface area contributed by atoms with E-state index >= 15 is 0 Å². The maximum atomic E-state index is 11.4. The molecule has 0 aliphatic heterocycles. The van der Waals surface area contributed by atoms with Crippen molar-refractivity contribution < 1.29 is 29.3 Å². The van der Waals surface area contributed by atoms with Gasteiger partial charge in [0.15, 0.2) is 24.1 Å². The second-order valence-electron chi connectivity index (χ2n) is 4.66. The number of furan rings is 1. The van der Waals surface area contributed by atoms with Crippen molar-refractivity contribution in [2.75, 3.05) is 0 Å². The number of rotatable bonds is 3. The van der Waals surface area contributed by atoms with E-state index in [-0.39, 0.29) is 45.1 Å².